The van der Waals surface area contributed by atoms with Crippen molar-refractivity contribution in [1.29, 1.82) is 10.5 Å². The fraction of sp³-hybridized carbons (Fsp3) is 0.568. The van der Waals surface area contributed by atoms with Crippen molar-refractivity contribution in [3.8, 4) is 23.6 Å². The van der Waals surface area contributed by atoms with Crippen molar-refractivity contribution in [2.45, 2.75) is 115 Å². The molecule has 2 amide bonds. The number of nitriles is 2. The summed E-state index contributed by atoms with van der Waals surface area (Å²) in [5.74, 6) is 0.789. The predicted molar refractivity (Wildman–Crippen MR) is 182 cm³/mol. The fourth-order valence-electron chi connectivity index (χ4n) is 8.08. The summed E-state index contributed by atoms with van der Waals surface area (Å²) in [5, 5.41) is 19.3. The number of fused-ring (bicyclic) bond motifs is 2. The number of amides is 2. The van der Waals surface area contributed by atoms with Gasteiger partial charge < -0.3 is 24.2 Å². The molecule has 4 aliphatic heterocycles. The van der Waals surface area contributed by atoms with E-state index in [2.05, 4.69) is 12.1 Å². The Bertz CT molecular complexity index is 1830. The average Bonchev–Trinajstić information content (AvgIpc) is 3.65. The Kier molecular flexibility index (Phi) is 9.33. The SMILES string of the molecule is CC(C)(CC[C@@H]1[C@@H](N2CCCC2=O)c2cc(C#N)ccc2OC1(C)C)OP(=O)(O)O[C@@H]1[C@@H](N2CCCC2=O)c2cc(C#N)ccc2OC1(C)C. The Labute approximate surface area is 293 Å². The van der Waals surface area contributed by atoms with Gasteiger partial charge in [-0.25, -0.2) is 4.57 Å². The van der Waals surface area contributed by atoms with E-state index in [1.165, 1.54) is 0 Å². The highest BCUT2D eigenvalue weighted by Crippen LogP contribution is 2.57. The van der Waals surface area contributed by atoms with E-state index >= 15 is 0 Å². The van der Waals surface area contributed by atoms with Gasteiger partial charge in [0.05, 0.1) is 41.0 Å². The molecule has 0 spiro atoms. The monoisotopic (exact) mass is 704 g/mol. The van der Waals surface area contributed by atoms with Crippen LogP contribution >= 0.6 is 7.82 Å². The molecule has 12 nitrogen and oxygen atoms in total. The standard InChI is InChI=1S/C37H45N4O8P/c1-35(2,16-15-27-32(40-17-7-9-30(40)42)25-19-23(21-38)11-13-28(25)46-36(27,3)4)49-50(44,45)48-34-33(41-18-8-10-31(41)43)26-20-24(22-39)12-14-29(26)47-37(34,5)6/h11-14,19-20,27,32-34H,7-10,15-18H2,1-6H3,(H,44,45)/t27-,32+,33+,34-/m1/s1. The number of phosphoric ester groups is 1. The van der Waals surface area contributed by atoms with Gasteiger partial charge >= 0.3 is 7.82 Å². The first-order chi connectivity index (χ1) is 23.4. The minimum atomic E-state index is -4.82. The molecule has 13 heteroatoms. The molecule has 1 N–H and O–H groups in total. The molecule has 1 unspecified atom stereocenters. The van der Waals surface area contributed by atoms with Crippen molar-refractivity contribution in [2.75, 3.05) is 13.1 Å². The molecular weight excluding hydrogens is 659 g/mol. The summed E-state index contributed by atoms with van der Waals surface area (Å²) in [5.41, 5.74) is -0.917. The molecule has 6 rings (SSSR count). The molecule has 2 aromatic rings. The van der Waals surface area contributed by atoms with E-state index in [4.69, 9.17) is 18.5 Å². The number of benzene rings is 2. The molecule has 0 radical (unpaired) electrons. The van der Waals surface area contributed by atoms with Crippen LogP contribution in [0.3, 0.4) is 0 Å². The van der Waals surface area contributed by atoms with E-state index < -0.39 is 36.8 Å². The summed E-state index contributed by atoms with van der Waals surface area (Å²) in [6.45, 7) is 11.9. The third kappa shape index (κ3) is 6.87. The van der Waals surface area contributed by atoms with Crippen LogP contribution in [0.5, 0.6) is 11.5 Å². The molecule has 266 valence electrons. The maximum Gasteiger partial charge on any atom is 0.473 e. The van der Waals surface area contributed by atoms with Crippen LogP contribution < -0.4 is 9.47 Å². The van der Waals surface area contributed by atoms with E-state index in [1.807, 2.05) is 18.7 Å². The van der Waals surface area contributed by atoms with Gasteiger partial charge in [-0.2, -0.15) is 10.5 Å². The highest BCUT2D eigenvalue weighted by molar-refractivity contribution is 7.47. The number of nitrogens with zero attached hydrogens (tertiary/aromatic N) is 4. The second-order valence-electron chi connectivity index (χ2n) is 15.4. The van der Waals surface area contributed by atoms with Crippen LogP contribution in [-0.2, 0) is 23.2 Å². The van der Waals surface area contributed by atoms with Crippen molar-refractivity contribution in [3.63, 3.8) is 0 Å². The number of ether oxygens (including phenoxy) is 2. The largest absolute Gasteiger partial charge is 0.487 e. The van der Waals surface area contributed by atoms with Crippen LogP contribution in [0, 0.1) is 28.6 Å². The molecule has 0 aliphatic carbocycles. The summed E-state index contributed by atoms with van der Waals surface area (Å²) < 4.78 is 38.7. The first kappa shape index (κ1) is 35.9. The van der Waals surface area contributed by atoms with E-state index in [1.54, 1.807) is 69.0 Å². The number of carbonyl (C=O) groups excluding carboxylic acids is 2. The molecule has 4 heterocycles. The van der Waals surface area contributed by atoms with Crippen molar-refractivity contribution in [2.24, 2.45) is 5.92 Å². The lowest BCUT2D eigenvalue weighted by molar-refractivity contribution is -0.140. The van der Waals surface area contributed by atoms with Crippen molar-refractivity contribution in [1.82, 2.24) is 9.80 Å². The van der Waals surface area contributed by atoms with Crippen LogP contribution in [0.15, 0.2) is 36.4 Å². The lowest BCUT2D eigenvalue weighted by Crippen LogP contribution is -2.55. The molecule has 0 saturated carbocycles. The normalized spacial score (nSPS) is 26.6. The van der Waals surface area contributed by atoms with Gasteiger partial charge in [-0.1, -0.05) is 0 Å². The van der Waals surface area contributed by atoms with Gasteiger partial charge in [-0.3, -0.25) is 18.6 Å². The van der Waals surface area contributed by atoms with Crippen LogP contribution in [0.4, 0.5) is 0 Å². The van der Waals surface area contributed by atoms with Gasteiger partial charge in [-0.15, -0.1) is 0 Å². The molecule has 2 fully saturated rings. The molecule has 50 heavy (non-hydrogen) atoms. The van der Waals surface area contributed by atoms with Crippen LogP contribution in [-0.4, -0.2) is 62.5 Å². The van der Waals surface area contributed by atoms with Gasteiger partial charge in [0.1, 0.15) is 28.8 Å². The molecule has 2 aromatic carbocycles. The molecule has 0 aromatic heterocycles. The highest BCUT2D eigenvalue weighted by atomic mass is 31.2. The van der Waals surface area contributed by atoms with E-state index in [9.17, 15) is 29.6 Å². The Balaban J connectivity index is 1.26. The number of phosphoric acid groups is 1. The Morgan fingerprint density at radius 1 is 0.880 bits per heavy atom. The molecule has 0 bridgehead atoms. The van der Waals surface area contributed by atoms with Gasteiger partial charge in [-0.05, 0) is 104 Å². The maximum absolute atomic E-state index is 14.0. The van der Waals surface area contributed by atoms with E-state index in [0.717, 1.165) is 12.0 Å². The zero-order valence-corrected chi connectivity index (χ0v) is 30.4. The summed E-state index contributed by atoms with van der Waals surface area (Å²) in [7, 11) is -4.82. The van der Waals surface area contributed by atoms with Gasteiger partial charge in [0.25, 0.3) is 0 Å². The zero-order valence-electron chi connectivity index (χ0n) is 29.5. The Hall–Kier alpha value is -3.93. The first-order valence-electron chi connectivity index (χ1n) is 17.2. The lowest BCUT2D eigenvalue weighted by Gasteiger charge is -2.49. The van der Waals surface area contributed by atoms with Crippen LogP contribution in [0.25, 0.3) is 0 Å². The smallest absolute Gasteiger partial charge is 0.473 e. The van der Waals surface area contributed by atoms with Crippen molar-refractivity contribution in [3.05, 3.63) is 58.7 Å². The van der Waals surface area contributed by atoms with Gasteiger partial charge in [0.15, 0.2) is 0 Å². The van der Waals surface area contributed by atoms with E-state index in [0.29, 0.717) is 73.4 Å². The summed E-state index contributed by atoms with van der Waals surface area (Å²) in [6, 6.07) is 13.4. The minimum absolute atomic E-state index is 0.0431. The maximum atomic E-state index is 14.0. The summed E-state index contributed by atoms with van der Waals surface area (Å²) >= 11 is 0. The number of likely N-dealkylation sites (tertiary alicyclic amines) is 2. The average molecular weight is 705 g/mol. The fourth-order valence-corrected chi connectivity index (χ4v) is 9.50. The highest BCUT2D eigenvalue weighted by Gasteiger charge is 2.53. The van der Waals surface area contributed by atoms with Crippen LogP contribution in [0.1, 0.15) is 114 Å². The Morgan fingerprint density at radius 3 is 1.88 bits per heavy atom. The number of rotatable bonds is 9. The number of carbonyl (C=O) groups is 2. The number of hydrogen-bond acceptors (Lipinski definition) is 9. The van der Waals surface area contributed by atoms with Crippen molar-refractivity contribution < 1.29 is 37.6 Å². The third-order valence-electron chi connectivity index (χ3n) is 10.5. The number of hydrogen-bond donors (Lipinski definition) is 1. The zero-order chi connectivity index (χ0) is 36.2. The van der Waals surface area contributed by atoms with Gasteiger partial charge in [0, 0.05) is 43.0 Å². The quantitative estimate of drug-likeness (QED) is 0.286. The first-order valence-corrected chi connectivity index (χ1v) is 18.7. The molecule has 2 saturated heterocycles. The third-order valence-corrected chi connectivity index (χ3v) is 11.7. The van der Waals surface area contributed by atoms with Crippen molar-refractivity contribution >= 4 is 19.6 Å². The molecule has 4 aliphatic rings. The second kappa shape index (κ2) is 13.0. The second-order valence-corrected chi connectivity index (χ2v) is 16.7. The topological polar surface area (TPSA) is 162 Å². The van der Waals surface area contributed by atoms with Crippen LogP contribution in [0.2, 0.25) is 0 Å². The minimum Gasteiger partial charge on any atom is -0.487 e. The molecular formula is C37H45N4O8P. The predicted octanol–water partition coefficient (Wildman–Crippen LogP) is 6.48. The summed E-state index contributed by atoms with van der Waals surface area (Å²) in [4.78, 5) is 41.1. The van der Waals surface area contributed by atoms with Gasteiger partial charge in [0.2, 0.25) is 11.8 Å². The Morgan fingerprint density at radius 2 is 1.38 bits per heavy atom. The van der Waals surface area contributed by atoms with E-state index in [-0.39, 0.29) is 23.8 Å². The molecule has 5 atom stereocenters. The summed E-state index contributed by atoms with van der Waals surface area (Å²) in [6.07, 6.45) is 1.81. The lowest BCUT2D eigenvalue weighted by atomic mass is 9.74.